The molecule has 1 saturated heterocycles. The molecule has 0 saturated carbocycles. The first-order valence-electron chi connectivity index (χ1n) is 6.13. The van der Waals surface area contributed by atoms with Gasteiger partial charge in [0.2, 0.25) is 0 Å². The molecule has 1 aliphatic heterocycles. The third-order valence-corrected chi connectivity index (χ3v) is 4.04. The van der Waals surface area contributed by atoms with E-state index in [0.29, 0.717) is 6.54 Å². The third-order valence-electron chi connectivity index (χ3n) is 3.08. The van der Waals surface area contributed by atoms with Crippen LogP contribution >= 0.6 is 11.3 Å². The number of nitrogens with zero attached hydrogens (tertiary/aromatic N) is 2. The molecule has 3 nitrogen and oxygen atoms in total. The molecule has 1 aliphatic rings. The molecule has 0 aromatic carbocycles. The zero-order valence-electron chi connectivity index (χ0n) is 9.98. The van der Waals surface area contributed by atoms with Crippen LogP contribution in [0.25, 0.3) is 0 Å². The molecule has 0 bridgehead atoms. The minimum atomic E-state index is 0.702. The molecule has 16 heavy (non-hydrogen) atoms. The first-order chi connectivity index (χ1) is 7.78. The Hall–Kier alpha value is -0.450. The van der Waals surface area contributed by atoms with Crippen LogP contribution < -0.4 is 5.73 Å². The molecule has 1 aromatic heterocycles. The van der Waals surface area contributed by atoms with Crippen molar-refractivity contribution in [1.82, 2.24) is 9.88 Å². The van der Waals surface area contributed by atoms with Crippen molar-refractivity contribution in [3.05, 3.63) is 16.1 Å². The number of rotatable bonds is 4. The van der Waals surface area contributed by atoms with Crippen LogP contribution in [0.4, 0.5) is 0 Å². The quantitative estimate of drug-likeness (QED) is 0.872. The number of hydrogen-bond donors (Lipinski definition) is 1. The van der Waals surface area contributed by atoms with Crippen LogP contribution in [0.1, 0.15) is 30.5 Å². The van der Waals surface area contributed by atoms with Crippen LogP contribution in [0.2, 0.25) is 0 Å². The lowest BCUT2D eigenvalue weighted by Gasteiger charge is -2.30. The summed E-state index contributed by atoms with van der Waals surface area (Å²) in [4.78, 5) is 7.14. The highest BCUT2D eigenvalue weighted by atomic mass is 32.1. The SMILES string of the molecule is CC1CCCN(Cc2csc(CCN)n2)C1. The molecule has 0 radical (unpaired) electrons. The summed E-state index contributed by atoms with van der Waals surface area (Å²) >= 11 is 1.75. The van der Waals surface area contributed by atoms with E-state index in [2.05, 4.69) is 22.2 Å². The second-order valence-corrected chi connectivity index (χ2v) is 5.70. The van der Waals surface area contributed by atoms with E-state index in [1.165, 1.54) is 36.6 Å². The summed E-state index contributed by atoms with van der Waals surface area (Å²) < 4.78 is 0. The van der Waals surface area contributed by atoms with Gasteiger partial charge >= 0.3 is 0 Å². The van der Waals surface area contributed by atoms with Crippen molar-refractivity contribution in [1.29, 1.82) is 0 Å². The summed E-state index contributed by atoms with van der Waals surface area (Å²) in [5, 5.41) is 3.37. The van der Waals surface area contributed by atoms with Crippen LogP contribution in [0, 0.1) is 5.92 Å². The summed E-state index contributed by atoms with van der Waals surface area (Å²) in [7, 11) is 0. The van der Waals surface area contributed by atoms with Gasteiger partial charge in [0.15, 0.2) is 0 Å². The first-order valence-corrected chi connectivity index (χ1v) is 7.01. The second-order valence-electron chi connectivity index (χ2n) is 4.75. The van der Waals surface area contributed by atoms with E-state index in [9.17, 15) is 0 Å². The molecule has 1 unspecified atom stereocenters. The van der Waals surface area contributed by atoms with Crippen molar-refractivity contribution in [2.24, 2.45) is 11.7 Å². The second kappa shape index (κ2) is 5.75. The van der Waals surface area contributed by atoms with E-state index >= 15 is 0 Å². The molecular weight excluding hydrogens is 218 g/mol. The van der Waals surface area contributed by atoms with E-state index in [0.717, 1.165) is 18.9 Å². The van der Waals surface area contributed by atoms with Crippen LogP contribution in [-0.4, -0.2) is 29.5 Å². The van der Waals surface area contributed by atoms with Crippen molar-refractivity contribution in [2.75, 3.05) is 19.6 Å². The lowest BCUT2D eigenvalue weighted by molar-refractivity contribution is 0.175. The Balaban J connectivity index is 1.87. The van der Waals surface area contributed by atoms with Gasteiger partial charge in [-0.2, -0.15) is 0 Å². The summed E-state index contributed by atoms with van der Waals surface area (Å²) in [6.45, 7) is 6.52. The minimum absolute atomic E-state index is 0.702. The minimum Gasteiger partial charge on any atom is -0.330 e. The Morgan fingerprint density at radius 3 is 3.25 bits per heavy atom. The normalized spacial score (nSPS) is 22.5. The van der Waals surface area contributed by atoms with E-state index in [1.807, 2.05) is 0 Å². The maximum Gasteiger partial charge on any atom is 0.0941 e. The summed E-state index contributed by atoms with van der Waals surface area (Å²) in [5.41, 5.74) is 6.75. The predicted octanol–water partition coefficient (Wildman–Crippen LogP) is 1.88. The van der Waals surface area contributed by atoms with Crippen molar-refractivity contribution in [2.45, 2.75) is 32.7 Å². The van der Waals surface area contributed by atoms with Gasteiger partial charge in [0.1, 0.15) is 0 Å². The number of nitrogens with two attached hydrogens (primary N) is 1. The lowest BCUT2D eigenvalue weighted by atomic mass is 10.0. The smallest absolute Gasteiger partial charge is 0.0941 e. The number of thiazole rings is 1. The number of piperidine rings is 1. The fourth-order valence-electron chi connectivity index (χ4n) is 2.32. The van der Waals surface area contributed by atoms with E-state index < -0.39 is 0 Å². The highest BCUT2D eigenvalue weighted by molar-refractivity contribution is 7.09. The number of aromatic nitrogens is 1. The van der Waals surface area contributed by atoms with Gasteiger partial charge in [-0.1, -0.05) is 6.92 Å². The highest BCUT2D eigenvalue weighted by Gasteiger charge is 2.17. The first kappa shape index (κ1) is 12.0. The summed E-state index contributed by atoms with van der Waals surface area (Å²) in [5.74, 6) is 0.843. The Kier molecular flexibility index (Phi) is 4.32. The molecule has 4 heteroatoms. The predicted molar refractivity (Wildman–Crippen MR) is 68.5 cm³/mol. The van der Waals surface area contributed by atoms with Crippen molar-refractivity contribution >= 4 is 11.3 Å². The Morgan fingerprint density at radius 1 is 1.62 bits per heavy atom. The molecule has 90 valence electrons. The molecule has 0 amide bonds. The fourth-order valence-corrected chi connectivity index (χ4v) is 3.12. The van der Waals surface area contributed by atoms with Gasteiger partial charge in [0.25, 0.3) is 0 Å². The van der Waals surface area contributed by atoms with Gasteiger partial charge in [-0.15, -0.1) is 11.3 Å². The molecule has 2 N–H and O–H groups in total. The zero-order valence-corrected chi connectivity index (χ0v) is 10.8. The molecule has 0 aliphatic carbocycles. The van der Waals surface area contributed by atoms with Crippen LogP contribution in [0.3, 0.4) is 0 Å². The van der Waals surface area contributed by atoms with E-state index in [-0.39, 0.29) is 0 Å². The van der Waals surface area contributed by atoms with Crippen LogP contribution in [-0.2, 0) is 13.0 Å². The highest BCUT2D eigenvalue weighted by Crippen LogP contribution is 2.18. The molecule has 1 fully saturated rings. The standard InChI is InChI=1S/C12H21N3S/c1-10-3-2-6-15(7-10)8-11-9-16-12(14-11)4-5-13/h9-10H,2-8,13H2,1H3. The summed E-state index contributed by atoms with van der Waals surface area (Å²) in [6, 6.07) is 0. The van der Waals surface area contributed by atoms with Crippen molar-refractivity contribution in [3.8, 4) is 0 Å². The van der Waals surface area contributed by atoms with Gasteiger partial charge in [-0.3, -0.25) is 4.90 Å². The van der Waals surface area contributed by atoms with Gasteiger partial charge in [0.05, 0.1) is 10.7 Å². The van der Waals surface area contributed by atoms with Crippen molar-refractivity contribution in [3.63, 3.8) is 0 Å². The number of likely N-dealkylation sites (tertiary alicyclic amines) is 1. The van der Waals surface area contributed by atoms with Crippen LogP contribution in [0.5, 0.6) is 0 Å². The fraction of sp³-hybridized carbons (Fsp3) is 0.750. The van der Waals surface area contributed by atoms with Gasteiger partial charge in [-0.25, -0.2) is 4.98 Å². The molecule has 1 atom stereocenters. The maximum atomic E-state index is 5.53. The Morgan fingerprint density at radius 2 is 2.50 bits per heavy atom. The molecule has 2 rings (SSSR count). The van der Waals surface area contributed by atoms with Gasteiger partial charge in [0, 0.05) is 24.9 Å². The largest absolute Gasteiger partial charge is 0.330 e. The monoisotopic (exact) mass is 239 g/mol. The average Bonchev–Trinajstić information content (AvgIpc) is 2.66. The topological polar surface area (TPSA) is 42.1 Å². The van der Waals surface area contributed by atoms with E-state index in [1.54, 1.807) is 11.3 Å². The Labute approximate surface area is 102 Å². The average molecular weight is 239 g/mol. The maximum absolute atomic E-state index is 5.53. The van der Waals surface area contributed by atoms with Crippen LogP contribution in [0.15, 0.2) is 5.38 Å². The lowest BCUT2D eigenvalue weighted by Crippen LogP contribution is -2.33. The molecule has 2 heterocycles. The van der Waals surface area contributed by atoms with E-state index in [4.69, 9.17) is 5.73 Å². The Bertz CT molecular complexity index is 324. The van der Waals surface area contributed by atoms with Crippen molar-refractivity contribution < 1.29 is 0 Å². The van der Waals surface area contributed by atoms with Gasteiger partial charge in [-0.05, 0) is 31.8 Å². The van der Waals surface area contributed by atoms with Gasteiger partial charge < -0.3 is 5.73 Å². The molecular formula is C12H21N3S. The molecule has 0 spiro atoms. The molecule has 1 aromatic rings. The summed E-state index contributed by atoms with van der Waals surface area (Å²) in [6.07, 6.45) is 3.63. The third kappa shape index (κ3) is 3.27. The number of hydrogen-bond acceptors (Lipinski definition) is 4. The zero-order chi connectivity index (χ0) is 11.4.